The normalized spacial score (nSPS) is 41.4. The van der Waals surface area contributed by atoms with Crippen molar-refractivity contribution in [1.82, 2.24) is 4.72 Å². The van der Waals surface area contributed by atoms with Gasteiger partial charge >= 0.3 is 10.3 Å². The lowest BCUT2D eigenvalue weighted by Gasteiger charge is -2.22. The molecule has 2 heterocycles. The summed E-state index contributed by atoms with van der Waals surface area (Å²) < 4.78 is 39.3. The summed E-state index contributed by atoms with van der Waals surface area (Å²) in [5.41, 5.74) is 0. The average molecular weight is 209 g/mol. The largest absolute Gasteiger partial charge is 0.341 e. The standard InChI is InChI=1S/C6H11NO5S/c1-6(2)11-4-3-10-13(8,9)7-5(4)12-6/h4-5,7H,3H2,1-2H3. The van der Waals surface area contributed by atoms with Crippen LogP contribution < -0.4 is 4.72 Å². The van der Waals surface area contributed by atoms with Crippen molar-refractivity contribution in [3.63, 3.8) is 0 Å². The monoisotopic (exact) mass is 209 g/mol. The molecule has 2 aliphatic heterocycles. The first-order chi connectivity index (χ1) is 5.88. The van der Waals surface area contributed by atoms with Crippen molar-refractivity contribution in [1.29, 1.82) is 0 Å². The van der Waals surface area contributed by atoms with E-state index in [1.807, 2.05) is 0 Å². The van der Waals surface area contributed by atoms with E-state index in [4.69, 9.17) is 9.47 Å². The third-order valence-electron chi connectivity index (χ3n) is 1.83. The number of hydrogen-bond donors (Lipinski definition) is 1. The fraction of sp³-hybridized carbons (Fsp3) is 1.00. The second kappa shape index (κ2) is 2.64. The van der Waals surface area contributed by atoms with Crippen LogP contribution in [-0.4, -0.2) is 33.1 Å². The second-order valence-electron chi connectivity index (χ2n) is 3.45. The second-order valence-corrected chi connectivity index (χ2v) is 4.83. The summed E-state index contributed by atoms with van der Waals surface area (Å²) in [6.45, 7) is 3.45. The Bertz CT molecular complexity index is 311. The van der Waals surface area contributed by atoms with Crippen LogP contribution in [0.4, 0.5) is 0 Å². The van der Waals surface area contributed by atoms with Gasteiger partial charge in [0.2, 0.25) is 0 Å². The maximum atomic E-state index is 10.9. The number of ether oxygens (including phenoxy) is 2. The van der Waals surface area contributed by atoms with Gasteiger partial charge in [-0.3, -0.25) is 4.18 Å². The van der Waals surface area contributed by atoms with Gasteiger partial charge in [0.1, 0.15) is 6.10 Å². The molecule has 2 saturated heterocycles. The van der Waals surface area contributed by atoms with Gasteiger partial charge in [-0.1, -0.05) is 0 Å². The minimum atomic E-state index is -3.64. The fourth-order valence-corrected chi connectivity index (χ4v) is 2.26. The van der Waals surface area contributed by atoms with E-state index < -0.39 is 22.3 Å². The number of hydrogen-bond acceptors (Lipinski definition) is 5. The summed E-state index contributed by atoms with van der Waals surface area (Å²) in [6.07, 6.45) is -0.993. The smallest absolute Gasteiger partial charge is 0.338 e. The Morgan fingerprint density at radius 2 is 2.08 bits per heavy atom. The van der Waals surface area contributed by atoms with Crippen molar-refractivity contribution in [3.05, 3.63) is 0 Å². The van der Waals surface area contributed by atoms with Gasteiger partial charge in [-0.05, 0) is 13.8 Å². The van der Waals surface area contributed by atoms with Gasteiger partial charge < -0.3 is 9.47 Å². The van der Waals surface area contributed by atoms with Crippen LogP contribution in [0.15, 0.2) is 0 Å². The Balaban J connectivity index is 2.15. The van der Waals surface area contributed by atoms with Crippen molar-refractivity contribution in [3.8, 4) is 0 Å². The van der Waals surface area contributed by atoms with Crippen LogP contribution in [-0.2, 0) is 24.0 Å². The van der Waals surface area contributed by atoms with Crippen LogP contribution in [0.2, 0.25) is 0 Å². The summed E-state index contributed by atoms with van der Waals surface area (Å²) in [4.78, 5) is 0. The Hall–Kier alpha value is -0.210. The van der Waals surface area contributed by atoms with E-state index in [1.54, 1.807) is 13.8 Å². The van der Waals surface area contributed by atoms with Crippen LogP contribution in [0.1, 0.15) is 13.8 Å². The van der Waals surface area contributed by atoms with Crippen LogP contribution in [0.3, 0.4) is 0 Å². The molecule has 2 rings (SSSR count). The molecule has 2 unspecified atom stereocenters. The topological polar surface area (TPSA) is 73.9 Å². The number of nitrogens with one attached hydrogen (secondary N) is 1. The zero-order valence-electron chi connectivity index (χ0n) is 7.31. The molecule has 76 valence electrons. The Morgan fingerprint density at radius 1 is 1.38 bits per heavy atom. The van der Waals surface area contributed by atoms with Gasteiger partial charge in [-0.15, -0.1) is 0 Å². The molecule has 0 bridgehead atoms. The highest BCUT2D eigenvalue weighted by atomic mass is 32.2. The maximum Gasteiger partial charge on any atom is 0.338 e. The highest BCUT2D eigenvalue weighted by molar-refractivity contribution is 7.84. The predicted octanol–water partition coefficient (Wildman–Crippen LogP) is -0.671. The average Bonchev–Trinajstić information content (AvgIpc) is 2.20. The summed E-state index contributed by atoms with van der Waals surface area (Å²) in [6, 6.07) is 0. The molecule has 0 aliphatic carbocycles. The van der Waals surface area contributed by atoms with E-state index in [0.29, 0.717) is 0 Å². The molecule has 2 fully saturated rings. The Kier molecular flexibility index (Phi) is 1.90. The van der Waals surface area contributed by atoms with E-state index >= 15 is 0 Å². The zero-order valence-corrected chi connectivity index (χ0v) is 8.13. The molecule has 13 heavy (non-hydrogen) atoms. The highest BCUT2D eigenvalue weighted by Crippen LogP contribution is 2.29. The molecule has 2 atom stereocenters. The fourth-order valence-electron chi connectivity index (χ4n) is 1.39. The SMILES string of the molecule is CC1(C)OC2COS(=O)(=O)NC2O1. The third kappa shape index (κ3) is 1.84. The maximum absolute atomic E-state index is 10.9. The van der Waals surface area contributed by atoms with E-state index in [2.05, 4.69) is 8.91 Å². The summed E-state index contributed by atoms with van der Waals surface area (Å²) >= 11 is 0. The lowest BCUT2D eigenvalue weighted by molar-refractivity contribution is -0.147. The van der Waals surface area contributed by atoms with E-state index in [1.165, 1.54) is 0 Å². The molecular weight excluding hydrogens is 198 g/mol. The molecule has 2 aliphatic rings. The molecule has 0 aromatic carbocycles. The van der Waals surface area contributed by atoms with Crippen LogP contribution in [0.5, 0.6) is 0 Å². The molecule has 0 saturated carbocycles. The first-order valence-electron chi connectivity index (χ1n) is 3.90. The minimum absolute atomic E-state index is 0.00340. The summed E-state index contributed by atoms with van der Waals surface area (Å²) in [5.74, 6) is -0.758. The number of rotatable bonds is 0. The van der Waals surface area contributed by atoms with Gasteiger partial charge in [0, 0.05) is 0 Å². The molecule has 7 heteroatoms. The molecule has 0 spiro atoms. The first kappa shape index (κ1) is 9.35. The molecular formula is C6H11NO5S. The van der Waals surface area contributed by atoms with Gasteiger partial charge in [-0.25, -0.2) is 0 Å². The lowest BCUT2D eigenvalue weighted by Crippen LogP contribution is -2.49. The van der Waals surface area contributed by atoms with Crippen molar-refractivity contribution in [2.75, 3.05) is 6.61 Å². The summed E-state index contributed by atoms with van der Waals surface area (Å²) in [7, 11) is -3.64. The molecule has 1 N–H and O–H groups in total. The van der Waals surface area contributed by atoms with E-state index in [-0.39, 0.29) is 12.7 Å². The minimum Gasteiger partial charge on any atom is -0.341 e. The van der Waals surface area contributed by atoms with Gasteiger partial charge in [0.25, 0.3) is 0 Å². The number of fused-ring (bicyclic) bond motifs is 1. The molecule has 0 amide bonds. The quantitative estimate of drug-likeness (QED) is 0.572. The summed E-state index contributed by atoms with van der Waals surface area (Å²) in [5, 5.41) is 0. The van der Waals surface area contributed by atoms with Crippen molar-refractivity contribution >= 4 is 10.3 Å². The van der Waals surface area contributed by atoms with Gasteiger partial charge in [-0.2, -0.15) is 13.1 Å². The molecule has 6 nitrogen and oxygen atoms in total. The van der Waals surface area contributed by atoms with Gasteiger partial charge in [0.15, 0.2) is 12.0 Å². The lowest BCUT2D eigenvalue weighted by atomic mass is 10.3. The highest BCUT2D eigenvalue weighted by Gasteiger charge is 2.46. The molecule has 0 aromatic heterocycles. The van der Waals surface area contributed by atoms with Crippen LogP contribution in [0.25, 0.3) is 0 Å². The van der Waals surface area contributed by atoms with Crippen molar-refractivity contribution < 1.29 is 22.1 Å². The third-order valence-corrected chi connectivity index (χ3v) is 2.80. The van der Waals surface area contributed by atoms with Crippen molar-refractivity contribution in [2.24, 2.45) is 0 Å². The predicted molar refractivity (Wildman–Crippen MR) is 41.8 cm³/mol. The zero-order chi connectivity index (χ0) is 9.69. The Morgan fingerprint density at radius 3 is 2.77 bits per heavy atom. The van der Waals surface area contributed by atoms with Crippen LogP contribution >= 0.6 is 0 Å². The first-order valence-corrected chi connectivity index (χ1v) is 5.31. The van der Waals surface area contributed by atoms with E-state index in [0.717, 1.165) is 0 Å². The van der Waals surface area contributed by atoms with Crippen molar-refractivity contribution in [2.45, 2.75) is 32.0 Å². The molecule has 0 aromatic rings. The van der Waals surface area contributed by atoms with Gasteiger partial charge in [0.05, 0.1) is 6.61 Å². The van der Waals surface area contributed by atoms with Crippen LogP contribution in [0, 0.1) is 0 Å². The molecule has 0 radical (unpaired) electrons. The van der Waals surface area contributed by atoms with E-state index in [9.17, 15) is 8.42 Å². The Labute approximate surface area is 76.4 Å².